The molecule has 4 nitrogen and oxygen atoms in total. The van der Waals surface area contributed by atoms with Crippen molar-refractivity contribution in [3.63, 3.8) is 0 Å². The molecule has 0 radical (unpaired) electrons. The van der Waals surface area contributed by atoms with Crippen molar-refractivity contribution in [2.45, 2.75) is 19.8 Å². The van der Waals surface area contributed by atoms with E-state index >= 15 is 0 Å². The largest absolute Gasteiger partial charge is 0.466 e. The molecule has 0 amide bonds. The summed E-state index contributed by atoms with van der Waals surface area (Å²) in [5, 5.41) is 0. The van der Waals surface area contributed by atoms with Gasteiger partial charge in [0, 0.05) is 0 Å². The Balaban J connectivity index is 2.32. The number of rotatable bonds is 5. The fourth-order valence-electron chi connectivity index (χ4n) is 2.27. The SMILES string of the molecule is CCOC(=O)[C@H]1CCC[NH+](CC[NH+](C)C)C1. The molecule has 0 aromatic rings. The van der Waals surface area contributed by atoms with E-state index in [4.69, 9.17) is 4.74 Å². The van der Waals surface area contributed by atoms with E-state index in [0.29, 0.717) is 6.61 Å². The highest BCUT2D eigenvalue weighted by Crippen LogP contribution is 2.09. The minimum atomic E-state index is 0.0110. The summed E-state index contributed by atoms with van der Waals surface area (Å²) in [6, 6.07) is 0. The zero-order valence-electron chi connectivity index (χ0n) is 10.8. The number of ether oxygens (including phenoxy) is 1. The number of nitrogens with one attached hydrogen (secondary N) is 2. The Bertz CT molecular complexity index is 219. The van der Waals surface area contributed by atoms with Gasteiger partial charge in [0.15, 0.2) is 0 Å². The fourth-order valence-corrected chi connectivity index (χ4v) is 2.27. The van der Waals surface area contributed by atoms with E-state index in [0.717, 1.165) is 25.9 Å². The molecular formula is C12H26N2O2+2. The van der Waals surface area contributed by atoms with Crippen LogP contribution in [-0.2, 0) is 9.53 Å². The number of likely N-dealkylation sites (tertiary alicyclic amines) is 1. The minimum absolute atomic E-state index is 0.0110. The summed E-state index contributed by atoms with van der Waals surface area (Å²) in [6.07, 6.45) is 2.17. The van der Waals surface area contributed by atoms with Gasteiger partial charge in [0.2, 0.25) is 0 Å². The van der Waals surface area contributed by atoms with Gasteiger partial charge >= 0.3 is 5.97 Å². The lowest BCUT2D eigenvalue weighted by molar-refractivity contribution is -0.946. The first kappa shape index (κ1) is 13.5. The number of carbonyl (C=O) groups excluding carboxylic acids is 1. The maximum Gasteiger partial charge on any atom is 0.314 e. The molecule has 0 aromatic heterocycles. The van der Waals surface area contributed by atoms with Crippen molar-refractivity contribution in [1.29, 1.82) is 0 Å². The van der Waals surface area contributed by atoms with Crippen LogP contribution in [0.15, 0.2) is 0 Å². The van der Waals surface area contributed by atoms with E-state index in [9.17, 15) is 4.79 Å². The summed E-state index contributed by atoms with van der Waals surface area (Å²) >= 11 is 0. The minimum Gasteiger partial charge on any atom is -0.466 e. The summed E-state index contributed by atoms with van der Waals surface area (Å²) in [4.78, 5) is 14.7. The van der Waals surface area contributed by atoms with Crippen molar-refractivity contribution in [3.8, 4) is 0 Å². The van der Waals surface area contributed by atoms with Crippen LogP contribution in [-0.4, -0.2) is 52.9 Å². The number of piperidine rings is 1. The van der Waals surface area contributed by atoms with E-state index in [1.807, 2.05) is 6.92 Å². The second kappa shape index (κ2) is 6.86. The number of hydrogen-bond donors (Lipinski definition) is 2. The molecule has 2 N–H and O–H groups in total. The highest BCUT2D eigenvalue weighted by molar-refractivity contribution is 5.72. The molecule has 1 heterocycles. The van der Waals surface area contributed by atoms with Crippen LogP contribution < -0.4 is 9.80 Å². The first-order valence-electron chi connectivity index (χ1n) is 6.42. The van der Waals surface area contributed by atoms with Gasteiger partial charge in [-0.1, -0.05) is 0 Å². The molecule has 0 spiro atoms. The van der Waals surface area contributed by atoms with E-state index < -0.39 is 0 Å². The van der Waals surface area contributed by atoms with Gasteiger partial charge in [-0.15, -0.1) is 0 Å². The molecule has 2 atom stereocenters. The summed E-state index contributed by atoms with van der Waals surface area (Å²) in [6.45, 7) is 6.89. The molecule has 0 bridgehead atoms. The molecular weight excluding hydrogens is 204 g/mol. The molecule has 4 heteroatoms. The van der Waals surface area contributed by atoms with Crippen LogP contribution in [0.3, 0.4) is 0 Å². The van der Waals surface area contributed by atoms with Crippen LogP contribution in [0.1, 0.15) is 19.8 Å². The third kappa shape index (κ3) is 4.49. The monoisotopic (exact) mass is 230 g/mol. The molecule has 0 aromatic carbocycles. The van der Waals surface area contributed by atoms with E-state index in [2.05, 4.69) is 14.1 Å². The Labute approximate surface area is 98.5 Å². The highest BCUT2D eigenvalue weighted by Gasteiger charge is 2.29. The topological polar surface area (TPSA) is 35.2 Å². The average Bonchev–Trinajstić information content (AvgIpc) is 2.27. The van der Waals surface area contributed by atoms with Crippen molar-refractivity contribution in [2.24, 2.45) is 5.92 Å². The van der Waals surface area contributed by atoms with Crippen molar-refractivity contribution >= 4 is 5.97 Å². The highest BCUT2D eigenvalue weighted by atomic mass is 16.5. The van der Waals surface area contributed by atoms with Crippen LogP contribution in [0.4, 0.5) is 0 Å². The van der Waals surface area contributed by atoms with Gasteiger partial charge in [-0.05, 0) is 19.8 Å². The predicted molar refractivity (Wildman–Crippen MR) is 62.6 cm³/mol. The molecule has 16 heavy (non-hydrogen) atoms. The fraction of sp³-hybridized carbons (Fsp3) is 0.917. The number of likely N-dealkylation sites (N-methyl/N-ethyl adjacent to an activating group) is 1. The van der Waals surface area contributed by atoms with Gasteiger partial charge < -0.3 is 14.5 Å². The van der Waals surface area contributed by atoms with Gasteiger partial charge in [0.25, 0.3) is 0 Å². The Kier molecular flexibility index (Phi) is 5.77. The number of hydrogen-bond acceptors (Lipinski definition) is 2. The maximum atomic E-state index is 11.6. The normalized spacial score (nSPS) is 25.8. The van der Waals surface area contributed by atoms with Crippen molar-refractivity contribution < 1.29 is 19.3 Å². The smallest absolute Gasteiger partial charge is 0.314 e. The maximum absolute atomic E-state index is 11.6. The van der Waals surface area contributed by atoms with Gasteiger partial charge in [0.1, 0.15) is 19.0 Å². The van der Waals surface area contributed by atoms with Crippen LogP contribution in [0.25, 0.3) is 0 Å². The second-order valence-corrected chi connectivity index (χ2v) is 5.00. The van der Waals surface area contributed by atoms with Crippen LogP contribution in [0, 0.1) is 5.92 Å². The Morgan fingerprint density at radius 1 is 1.50 bits per heavy atom. The summed E-state index contributed by atoms with van der Waals surface area (Å²) < 4.78 is 5.10. The predicted octanol–water partition coefficient (Wildman–Crippen LogP) is -2.01. The first-order chi connectivity index (χ1) is 7.63. The molecule has 0 saturated carbocycles. The van der Waals surface area contributed by atoms with Crippen molar-refractivity contribution in [2.75, 3.05) is 46.9 Å². The number of carbonyl (C=O) groups is 1. The molecule has 1 saturated heterocycles. The first-order valence-corrected chi connectivity index (χ1v) is 6.42. The third-order valence-electron chi connectivity index (χ3n) is 3.22. The van der Waals surface area contributed by atoms with Gasteiger partial charge in [0.05, 0.1) is 33.8 Å². The van der Waals surface area contributed by atoms with Crippen molar-refractivity contribution in [1.82, 2.24) is 0 Å². The molecule has 1 fully saturated rings. The average molecular weight is 230 g/mol. The van der Waals surface area contributed by atoms with Crippen molar-refractivity contribution in [3.05, 3.63) is 0 Å². The Hall–Kier alpha value is -0.610. The summed E-state index contributed by atoms with van der Waals surface area (Å²) in [5.41, 5.74) is 0. The lowest BCUT2D eigenvalue weighted by Gasteiger charge is -2.28. The van der Waals surface area contributed by atoms with Crippen LogP contribution in [0.2, 0.25) is 0 Å². The van der Waals surface area contributed by atoms with E-state index in [1.54, 1.807) is 4.90 Å². The Morgan fingerprint density at radius 2 is 2.25 bits per heavy atom. The second-order valence-electron chi connectivity index (χ2n) is 5.00. The molecule has 0 aliphatic carbocycles. The van der Waals surface area contributed by atoms with Gasteiger partial charge in [-0.3, -0.25) is 4.79 Å². The third-order valence-corrected chi connectivity index (χ3v) is 3.22. The standard InChI is InChI=1S/C12H24N2O2/c1-4-16-12(15)11-6-5-7-14(10-11)9-8-13(2)3/h11H,4-10H2,1-3H3/p+2/t11-/m0/s1. The van der Waals surface area contributed by atoms with Gasteiger partial charge in [-0.2, -0.15) is 0 Å². The quantitative estimate of drug-likeness (QED) is 0.535. The summed E-state index contributed by atoms with van der Waals surface area (Å²) in [5.74, 6) is 0.151. The lowest BCUT2D eigenvalue weighted by atomic mass is 9.98. The molecule has 1 aliphatic rings. The zero-order valence-corrected chi connectivity index (χ0v) is 10.8. The van der Waals surface area contributed by atoms with Gasteiger partial charge in [-0.25, -0.2) is 0 Å². The van der Waals surface area contributed by atoms with E-state index in [1.165, 1.54) is 18.0 Å². The number of esters is 1. The molecule has 1 aliphatic heterocycles. The van der Waals surface area contributed by atoms with Crippen LogP contribution >= 0.6 is 0 Å². The molecule has 1 rings (SSSR count). The Morgan fingerprint density at radius 3 is 2.88 bits per heavy atom. The molecule has 94 valence electrons. The molecule has 1 unspecified atom stereocenters. The summed E-state index contributed by atoms with van der Waals surface area (Å²) in [7, 11) is 4.35. The van der Waals surface area contributed by atoms with E-state index in [-0.39, 0.29) is 11.9 Å². The zero-order chi connectivity index (χ0) is 12.0. The lowest BCUT2D eigenvalue weighted by Crippen LogP contribution is -3.19. The number of quaternary nitrogens is 2. The van der Waals surface area contributed by atoms with Crippen LogP contribution in [0.5, 0.6) is 0 Å².